The Labute approximate surface area is 153 Å². The Morgan fingerprint density at radius 3 is 2.76 bits per heavy atom. The van der Waals surface area contributed by atoms with Gasteiger partial charge in [-0.1, -0.05) is 17.7 Å². The van der Waals surface area contributed by atoms with Gasteiger partial charge in [0.25, 0.3) is 0 Å². The number of benzene rings is 1. The smallest absolute Gasteiger partial charge is 0.241 e. The maximum absolute atomic E-state index is 12.5. The first-order chi connectivity index (χ1) is 11.8. The lowest BCUT2D eigenvalue weighted by atomic mass is 10.2. The predicted molar refractivity (Wildman–Crippen MR) is 100 cm³/mol. The molecule has 2 rings (SSSR count). The third-order valence-electron chi connectivity index (χ3n) is 4.31. The van der Waals surface area contributed by atoms with Crippen molar-refractivity contribution in [1.82, 2.24) is 14.7 Å². The molecule has 0 aliphatic heterocycles. The molecular weight excluding hydrogens is 340 g/mol. The van der Waals surface area contributed by atoms with Crippen molar-refractivity contribution < 1.29 is 9.53 Å². The van der Waals surface area contributed by atoms with E-state index in [4.69, 9.17) is 16.3 Å². The molecule has 1 aromatic heterocycles. The van der Waals surface area contributed by atoms with Crippen molar-refractivity contribution in [3.8, 4) is 5.75 Å². The molecular formula is C18H25ClN4O2. The Kier molecular flexibility index (Phi) is 6.45. The van der Waals surface area contributed by atoms with E-state index >= 15 is 0 Å². The van der Waals surface area contributed by atoms with E-state index in [2.05, 4.69) is 10.4 Å². The number of nitrogens with one attached hydrogen (secondary N) is 1. The van der Waals surface area contributed by atoms with Crippen LogP contribution < -0.4 is 10.1 Å². The fraction of sp³-hybridized carbons (Fsp3) is 0.444. The van der Waals surface area contributed by atoms with Gasteiger partial charge in [0.1, 0.15) is 12.4 Å². The van der Waals surface area contributed by atoms with Gasteiger partial charge in [0.2, 0.25) is 5.91 Å². The Morgan fingerprint density at radius 2 is 2.16 bits per heavy atom. The van der Waals surface area contributed by atoms with Crippen LogP contribution in [0.4, 0.5) is 5.69 Å². The average molecular weight is 365 g/mol. The molecule has 1 N–H and O–H groups in total. The lowest BCUT2D eigenvalue weighted by Crippen LogP contribution is -2.41. The largest absolute Gasteiger partial charge is 0.492 e. The standard InChI is InChI=1S/C18H25ClN4O2/c1-12-17(13(2)23(5)21-12)20-18(24)14(3)22(4)9-10-25-16-8-6-7-15(19)11-16/h6-8,11,14H,9-10H2,1-5H3,(H,20,24). The highest BCUT2D eigenvalue weighted by Crippen LogP contribution is 2.19. The van der Waals surface area contributed by atoms with Gasteiger partial charge in [0.15, 0.2) is 0 Å². The van der Waals surface area contributed by atoms with Gasteiger partial charge in [-0.25, -0.2) is 0 Å². The molecule has 0 aliphatic rings. The zero-order chi connectivity index (χ0) is 18.6. The molecule has 6 nitrogen and oxygen atoms in total. The van der Waals surface area contributed by atoms with Crippen LogP contribution in [0.25, 0.3) is 0 Å². The van der Waals surface area contributed by atoms with Crippen molar-refractivity contribution in [2.75, 3.05) is 25.5 Å². The number of amides is 1. The monoisotopic (exact) mass is 364 g/mol. The van der Waals surface area contributed by atoms with Gasteiger partial charge in [-0.15, -0.1) is 0 Å². The Balaban J connectivity index is 1.86. The second kappa shape index (κ2) is 8.36. The number of halogens is 1. The summed E-state index contributed by atoms with van der Waals surface area (Å²) in [6.45, 7) is 6.78. The van der Waals surface area contributed by atoms with E-state index in [1.807, 2.05) is 51.9 Å². The second-order valence-electron chi connectivity index (χ2n) is 6.12. The normalized spacial score (nSPS) is 12.3. The van der Waals surface area contributed by atoms with Crippen molar-refractivity contribution >= 4 is 23.2 Å². The lowest BCUT2D eigenvalue weighted by molar-refractivity contribution is -0.120. The van der Waals surface area contributed by atoms with Gasteiger partial charge in [0, 0.05) is 18.6 Å². The summed E-state index contributed by atoms with van der Waals surface area (Å²) in [7, 11) is 3.76. The molecule has 7 heteroatoms. The molecule has 1 amide bonds. The van der Waals surface area contributed by atoms with Crippen LogP contribution in [0.5, 0.6) is 5.75 Å². The Hall–Kier alpha value is -2.05. The summed E-state index contributed by atoms with van der Waals surface area (Å²) >= 11 is 5.93. The summed E-state index contributed by atoms with van der Waals surface area (Å²) in [5.41, 5.74) is 2.53. The van der Waals surface area contributed by atoms with E-state index in [9.17, 15) is 4.79 Å². The first kappa shape index (κ1) is 19.3. The predicted octanol–water partition coefficient (Wildman–Crippen LogP) is 3.03. The molecule has 2 aromatic rings. The van der Waals surface area contributed by atoms with Gasteiger partial charge >= 0.3 is 0 Å². The highest BCUT2D eigenvalue weighted by molar-refractivity contribution is 6.30. The minimum Gasteiger partial charge on any atom is -0.492 e. The van der Waals surface area contributed by atoms with Crippen molar-refractivity contribution in [2.24, 2.45) is 7.05 Å². The van der Waals surface area contributed by atoms with E-state index < -0.39 is 0 Å². The fourth-order valence-electron chi connectivity index (χ4n) is 2.44. The number of hydrogen-bond acceptors (Lipinski definition) is 4. The summed E-state index contributed by atoms with van der Waals surface area (Å²) in [4.78, 5) is 14.4. The molecule has 1 unspecified atom stereocenters. The first-order valence-electron chi connectivity index (χ1n) is 8.19. The van der Waals surface area contributed by atoms with Crippen molar-refractivity contribution in [3.63, 3.8) is 0 Å². The molecule has 0 radical (unpaired) electrons. The zero-order valence-corrected chi connectivity index (χ0v) is 16.1. The minimum atomic E-state index is -0.290. The van der Waals surface area contributed by atoms with E-state index in [1.165, 1.54) is 0 Å². The average Bonchev–Trinajstić information content (AvgIpc) is 2.80. The van der Waals surface area contributed by atoms with Gasteiger partial charge in [-0.2, -0.15) is 5.10 Å². The second-order valence-corrected chi connectivity index (χ2v) is 6.56. The number of aryl methyl sites for hydroxylation is 2. The zero-order valence-electron chi connectivity index (χ0n) is 15.3. The molecule has 0 fully saturated rings. The van der Waals surface area contributed by atoms with E-state index in [0.29, 0.717) is 18.2 Å². The summed E-state index contributed by atoms with van der Waals surface area (Å²) < 4.78 is 7.44. The van der Waals surface area contributed by atoms with Crippen LogP contribution in [-0.4, -0.2) is 46.8 Å². The molecule has 0 saturated carbocycles. The number of likely N-dealkylation sites (N-methyl/N-ethyl adjacent to an activating group) is 1. The third-order valence-corrected chi connectivity index (χ3v) is 4.54. The van der Waals surface area contributed by atoms with Crippen LogP contribution in [0, 0.1) is 13.8 Å². The molecule has 136 valence electrons. The Bertz CT molecular complexity index is 745. The van der Waals surface area contributed by atoms with Crippen molar-refractivity contribution in [3.05, 3.63) is 40.7 Å². The highest BCUT2D eigenvalue weighted by Gasteiger charge is 2.20. The maximum Gasteiger partial charge on any atom is 0.241 e. The molecule has 0 spiro atoms. The van der Waals surface area contributed by atoms with Crippen LogP contribution in [0.15, 0.2) is 24.3 Å². The molecule has 1 aromatic carbocycles. The molecule has 0 saturated heterocycles. The molecule has 1 atom stereocenters. The number of aromatic nitrogens is 2. The number of carbonyl (C=O) groups excluding carboxylic acids is 1. The topological polar surface area (TPSA) is 59.4 Å². The van der Waals surface area contributed by atoms with E-state index in [-0.39, 0.29) is 11.9 Å². The molecule has 1 heterocycles. The number of carbonyl (C=O) groups is 1. The van der Waals surface area contributed by atoms with Gasteiger partial charge in [-0.05, 0) is 46.0 Å². The first-order valence-corrected chi connectivity index (χ1v) is 8.57. The minimum absolute atomic E-state index is 0.0653. The van der Waals surface area contributed by atoms with Crippen LogP contribution >= 0.6 is 11.6 Å². The number of ether oxygens (including phenoxy) is 1. The number of anilines is 1. The summed E-state index contributed by atoms with van der Waals surface area (Å²) in [6, 6.07) is 6.98. The van der Waals surface area contributed by atoms with Crippen LogP contribution in [0.3, 0.4) is 0 Å². The summed E-state index contributed by atoms with van der Waals surface area (Å²) in [6.07, 6.45) is 0. The van der Waals surface area contributed by atoms with Gasteiger partial charge in [-0.3, -0.25) is 14.4 Å². The summed E-state index contributed by atoms with van der Waals surface area (Å²) in [5, 5.41) is 7.93. The lowest BCUT2D eigenvalue weighted by Gasteiger charge is -2.24. The van der Waals surface area contributed by atoms with E-state index in [1.54, 1.807) is 16.8 Å². The van der Waals surface area contributed by atoms with Crippen LogP contribution in [0.1, 0.15) is 18.3 Å². The third kappa shape index (κ3) is 4.96. The van der Waals surface area contributed by atoms with Crippen molar-refractivity contribution in [1.29, 1.82) is 0 Å². The fourth-order valence-corrected chi connectivity index (χ4v) is 2.62. The maximum atomic E-state index is 12.5. The number of hydrogen-bond donors (Lipinski definition) is 1. The SMILES string of the molecule is Cc1nn(C)c(C)c1NC(=O)C(C)N(C)CCOc1cccc(Cl)c1. The Morgan fingerprint density at radius 1 is 1.44 bits per heavy atom. The number of rotatable bonds is 7. The van der Waals surface area contributed by atoms with E-state index in [0.717, 1.165) is 22.8 Å². The summed E-state index contributed by atoms with van der Waals surface area (Å²) in [5.74, 6) is 0.657. The van der Waals surface area contributed by atoms with Gasteiger partial charge < -0.3 is 10.1 Å². The molecule has 25 heavy (non-hydrogen) atoms. The van der Waals surface area contributed by atoms with Crippen molar-refractivity contribution in [2.45, 2.75) is 26.8 Å². The number of nitrogens with zero attached hydrogens (tertiary/aromatic N) is 3. The quantitative estimate of drug-likeness (QED) is 0.820. The van der Waals surface area contributed by atoms with Gasteiger partial charge in [0.05, 0.1) is 23.1 Å². The van der Waals surface area contributed by atoms with Crippen LogP contribution in [-0.2, 0) is 11.8 Å². The molecule has 0 bridgehead atoms. The molecule has 0 aliphatic carbocycles. The highest BCUT2D eigenvalue weighted by atomic mass is 35.5. The van der Waals surface area contributed by atoms with Crippen LogP contribution in [0.2, 0.25) is 5.02 Å².